The van der Waals surface area contributed by atoms with E-state index in [1.54, 1.807) is 36.2 Å². The SMILES string of the molecule is CN1CCCCN(C(=O)c2ccccc2C(F)(F)F)[C@H](Cc2ccccc2)COc2ccccc2C1=O. The molecular weight excluding hydrogens is 481 g/mol. The van der Waals surface area contributed by atoms with Crippen molar-refractivity contribution < 1.29 is 27.5 Å². The summed E-state index contributed by atoms with van der Waals surface area (Å²) in [6, 6.07) is 20.7. The van der Waals surface area contributed by atoms with Gasteiger partial charge in [-0.15, -0.1) is 0 Å². The van der Waals surface area contributed by atoms with Crippen molar-refractivity contribution in [3.63, 3.8) is 0 Å². The molecule has 0 aliphatic carbocycles. The first-order valence-corrected chi connectivity index (χ1v) is 12.2. The van der Waals surface area contributed by atoms with E-state index in [1.807, 2.05) is 30.3 Å². The summed E-state index contributed by atoms with van der Waals surface area (Å²) in [7, 11) is 1.70. The molecule has 0 spiro atoms. The molecule has 1 heterocycles. The van der Waals surface area contributed by atoms with E-state index in [1.165, 1.54) is 23.1 Å². The number of carbonyl (C=O) groups excluding carboxylic acids is 2. The van der Waals surface area contributed by atoms with Crippen LogP contribution in [0.2, 0.25) is 0 Å². The number of ether oxygens (including phenoxy) is 1. The molecule has 5 nitrogen and oxygen atoms in total. The monoisotopic (exact) mass is 510 g/mol. The Balaban J connectivity index is 1.74. The van der Waals surface area contributed by atoms with Crippen LogP contribution in [-0.4, -0.2) is 54.4 Å². The average Bonchev–Trinajstić information content (AvgIpc) is 2.90. The topological polar surface area (TPSA) is 49.9 Å². The van der Waals surface area contributed by atoms with Crippen molar-refractivity contribution in [3.05, 3.63) is 101 Å². The van der Waals surface area contributed by atoms with Gasteiger partial charge in [0.05, 0.1) is 22.7 Å². The largest absolute Gasteiger partial charge is 0.491 e. The molecule has 0 saturated carbocycles. The van der Waals surface area contributed by atoms with Gasteiger partial charge < -0.3 is 14.5 Å². The number of nitrogens with zero attached hydrogens (tertiary/aromatic N) is 2. The Labute approximate surface area is 214 Å². The van der Waals surface area contributed by atoms with Crippen LogP contribution < -0.4 is 4.74 Å². The molecule has 1 atom stereocenters. The van der Waals surface area contributed by atoms with Crippen LogP contribution in [0.15, 0.2) is 78.9 Å². The van der Waals surface area contributed by atoms with Crippen molar-refractivity contribution in [3.8, 4) is 5.75 Å². The molecule has 3 aromatic carbocycles. The van der Waals surface area contributed by atoms with Crippen molar-refractivity contribution in [2.75, 3.05) is 26.7 Å². The number of carbonyl (C=O) groups is 2. The third kappa shape index (κ3) is 6.31. The molecule has 1 aliphatic heterocycles. The number of alkyl halides is 3. The number of amides is 2. The van der Waals surface area contributed by atoms with Crippen LogP contribution in [0.4, 0.5) is 13.2 Å². The summed E-state index contributed by atoms with van der Waals surface area (Å²) in [5.41, 5.74) is -0.00690. The molecular formula is C29H29F3N2O3. The number of hydrogen-bond acceptors (Lipinski definition) is 3. The summed E-state index contributed by atoms with van der Waals surface area (Å²) in [4.78, 5) is 29.8. The molecule has 0 radical (unpaired) electrons. The van der Waals surface area contributed by atoms with E-state index in [0.717, 1.165) is 11.6 Å². The molecule has 1 aliphatic rings. The van der Waals surface area contributed by atoms with Gasteiger partial charge >= 0.3 is 6.18 Å². The second-order valence-corrected chi connectivity index (χ2v) is 9.13. The summed E-state index contributed by atoms with van der Waals surface area (Å²) in [5.74, 6) is -0.476. The fourth-order valence-corrected chi connectivity index (χ4v) is 4.56. The van der Waals surface area contributed by atoms with Crippen LogP contribution in [0.25, 0.3) is 0 Å². The van der Waals surface area contributed by atoms with Crippen LogP contribution in [-0.2, 0) is 12.6 Å². The van der Waals surface area contributed by atoms with Gasteiger partial charge in [-0.25, -0.2) is 0 Å². The molecule has 2 amide bonds. The maximum absolute atomic E-state index is 13.8. The van der Waals surface area contributed by atoms with E-state index in [4.69, 9.17) is 4.74 Å². The number of hydrogen-bond donors (Lipinski definition) is 0. The lowest BCUT2D eigenvalue weighted by atomic mass is 10.0. The summed E-state index contributed by atoms with van der Waals surface area (Å²) in [6.45, 7) is 0.691. The lowest BCUT2D eigenvalue weighted by Gasteiger charge is -2.34. The average molecular weight is 511 g/mol. The van der Waals surface area contributed by atoms with Gasteiger partial charge in [0.1, 0.15) is 12.4 Å². The first-order chi connectivity index (χ1) is 17.8. The van der Waals surface area contributed by atoms with Crippen molar-refractivity contribution in [2.45, 2.75) is 31.5 Å². The summed E-state index contributed by atoms with van der Waals surface area (Å²) in [5, 5.41) is 0. The van der Waals surface area contributed by atoms with Crippen LogP contribution in [0.1, 0.15) is 44.7 Å². The molecule has 3 aromatic rings. The first kappa shape index (κ1) is 26.3. The normalized spacial score (nSPS) is 17.3. The number of halogens is 3. The molecule has 4 rings (SSSR count). The van der Waals surface area contributed by atoms with Crippen molar-refractivity contribution in [1.82, 2.24) is 9.80 Å². The summed E-state index contributed by atoms with van der Waals surface area (Å²) < 4.78 is 47.5. The minimum Gasteiger partial charge on any atom is -0.491 e. The van der Waals surface area contributed by atoms with Gasteiger partial charge in [-0.3, -0.25) is 9.59 Å². The number of benzene rings is 3. The molecule has 0 saturated heterocycles. The second-order valence-electron chi connectivity index (χ2n) is 9.13. The smallest absolute Gasteiger partial charge is 0.417 e. The Morgan fingerprint density at radius 2 is 1.57 bits per heavy atom. The molecule has 0 unspecified atom stereocenters. The molecule has 0 aromatic heterocycles. The van der Waals surface area contributed by atoms with Gasteiger partial charge in [0, 0.05) is 20.1 Å². The molecule has 8 heteroatoms. The maximum atomic E-state index is 13.8. The van der Waals surface area contributed by atoms with E-state index in [2.05, 4.69) is 0 Å². The highest BCUT2D eigenvalue weighted by molar-refractivity contribution is 5.97. The number of fused-ring (bicyclic) bond motifs is 1. The predicted molar refractivity (Wildman–Crippen MR) is 135 cm³/mol. The Morgan fingerprint density at radius 1 is 0.919 bits per heavy atom. The molecule has 0 fully saturated rings. The van der Waals surface area contributed by atoms with Crippen LogP contribution >= 0.6 is 0 Å². The van der Waals surface area contributed by atoms with Crippen LogP contribution in [0, 0.1) is 0 Å². The minimum atomic E-state index is -4.66. The second kappa shape index (κ2) is 11.5. The Hall–Kier alpha value is -3.81. The molecule has 0 bridgehead atoms. The molecule has 194 valence electrons. The highest BCUT2D eigenvalue weighted by atomic mass is 19.4. The van der Waals surface area contributed by atoms with Gasteiger partial charge in [-0.2, -0.15) is 13.2 Å². The minimum absolute atomic E-state index is 0.0167. The standard InChI is InChI=1S/C29H29F3N2O3/c1-33-17-9-10-18-34(28(36)23-13-5-7-15-25(23)29(30,31)32)22(19-21-11-3-2-4-12-21)20-37-26-16-8-6-14-24(26)27(33)35/h2-8,11-16,22H,9-10,17-20H2,1H3/t22-/m1/s1. The predicted octanol–water partition coefficient (Wildman–Crippen LogP) is 5.70. The first-order valence-electron chi connectivity index (χ1n) is 12.2. The fourth-order valence-electron chi connectivity index (χ4n) is 4.56. The van der Waals surface area contributed by atoms with Crippen LogP contribution in [0.5, 0.6) is 5.75 Å². The summed E-state index contributed by atoms with van der Waals surface area (Å²) in [6.07, 6.45) is -3.17. The third-order valence-electron chi connectivity index (χ3n) is 6.52. The van der Waals surface area contributed by atoms with Gasteiger partial charge in [0.2, 0.25) is 0 Å². The molecule has 37 heavy (non-hydrogen) atoms. The Morgan fingerprint density at radius 3 is 2.32 bits per heavy atom. The van der Waals surface area contributed by atoms with Gasteiger partial charge in [0.15, 0.2) is 0 Å². The van der Waals surface area contributed by atoms with Crippen LogP contribution in [0.3, 0.4) is 0 Å². The zero-order valence-corrected chi connectivity index (χ0v) is 20.6. The maximum Gasteiger partial charge on any atom is 0.417 e. The zero-order valence-electron chi connectivity index (χ0n) is 20.6. The van der Waals surface area contributed by atoms with E-state index < -0.39 is 23.7 Å². The fraction of sp³-hybridized carbons (Fsp3) is 0.310. The van der Waals surface area contributed by atoms with E-state index in [9.17, 15) is 22.8 Å². The quantitative estimate of drug-likeness (QED) is 0.454. The van der Waals surface area contributed by atoms with E-state index in [-0.39, 0.29) is 24.6 Å². The van der Waals surface area contributed by atoms with Crippen molar-refractivity contribution in [1.29, 1.82) is 0 Å². The highest BCUT2D eigenvalue weighted by Crippen LogP contribution is 2.33. The number of para-hydroxylation sites is 1. The summed E-state index contributed by atoms with van der Waals surface area (Å²) >= 11 is 0. The number of rotatable bonds is 3. The van der Waals surface area contributed by atoms with Gasteiger partial charge in [0.25, 0.3) is 11.8 Å². The van der Waals surface area contributed by atoms with Gasteiger partial charge in [-0.05, 0) is 49.1 Å². The third-order valence-corrected chi connectivity index (χ3v) is 6.52. The highest BCUT2D eigenvalue weighted by Gasteiger charge is 2.37. The van der Waals surface area contributed by atoms with E-state index in [0.29, 0.717) is 37.1 Å². The van der Waals surface area contributed by atoms with Crippen molar-refractivity contribution >= 4 is 11.8 Å². The lowest BCUT2D eigenvalue weighted by molar-refractivity contribution is -0.138. The van der Waals surface area contributed by atoms with E-state index >= 15 is 0 Å². The zero-order chi connectivity index (χ0) is 26.4. The Kier molecular flexibility index (Phi) is 8.16. The molecule has 0 N–H and O–H groups in total. The van der Waals surface area contributed by atoms with Gasteiger partial charge in [-0.1, -0.05) is 54.6 Å². The lowest BCUT2D eigenvalue weighted by Crippen LogP contribution is -2.46. The van der Waals surface area contributed by atoms with Crippen molar-refractivity contribution in [2.24, 2.45) is 0 Å². The Bertz CT molecular complexity index is 1230.